The minimum Gasteiger partial charge on any atom is -0.258 e. The highest BCUT2D eigenvalue weighted by molar-refractivity contribution is 7.89. The first-order chi connectivity index (χ1) is 9.87. The molecule has 1 atom stereocenters. The van der Waals surface area contributed by atoms with E-state index in [2.05, 4.69) is 4.72 Å². The molecule has 1 aliphatic rings. The summed E-state index contributed by atoms with van der Waals surface area (Å²) in [5.74, 6) is 0.459. The van der Waals surface area contributed by atoms with Crippen LogP contribution >= 0.6 is 0 Å². The quantitative estimate of drug-likeness (QED) is 0.617. The van der Waals surface area contributed by atoms with Crippen molar-refractivity contribution in [2.45, 2.75) is 38.6 Å². The largest absolute Gasteiger partial charge is 0.269 e. The van der Waals surface area contributed by atoms with Crippen LogP contribution < -0.4 is 4.72 Å². The number of hydrogen-bond acceptors (Lipinski definition) is 4. The molecule has 0 saturated heterocycles. The van der Waals surface area contributed by atoms with Gasteiger partial charge in [0.1, 0.15) is 0 Å². The van der Waals surface area contributed by atoms with Crippen molar-refractivity contribution >= 4 is 15.7 Å². The summed E-state index contributed by atoms with van der Waals surface area (Å²) in [6, 6.07) is 5.98. The third-order valence-corrected chi connectivity index (χ3v) is 5.50. The van der Waals surface area contributed by atoms with Crippen molar-refractivity contribution in [1.82, 2.24) is 4.72 Å². The van der Waals surface area contributed by atoms with Crippen molar-refractivity contribution in [1.29, 1.82) is 0 Å². The number of rotatable bonds is 7. The fraction of sp³-hybridized carbons (Fsp3) is 0.571. The summed E-state index contributed by atoms with van der Waals surface area (Å²) >= 11 is 0. The van der Waals surface area contributed by atoms with Crippen LogP contribution in [0.25, 0.3) is 0 Å². The molecule has 1 saturated carbocycles. The first-order valence-electron chi connectivity index (χ1n) is 7.11. The van der Waals surface area contributed by atoms with Gasteiger partial charge in [-0.3, -0.25) is 10.1 Å². The Hall–Kier alpha value is -1.47. The summed E-state index contributed by atoms with van der Waals surface area (Å²) in [5, 5.41) is 10.5. The average Bonchev–Trinajstić information content (AvgIpc) is 2.34. The molecule has 1 aromatic carbocycles. The number of nitro groups is 1. The molecule has 116 valence electrons. The van der Waals surface area contributed by atoms with E-state index in [1.807, 2.05) is 6.92 Å². The molecule has 1 aromatic rings. The van der Waals surface area contributed by atoms with Gasteiger partial charge in [-0.1, -0.05) is 18.6 Å². The molecule has 0 amide bonds. The Kier molecular flexibility index (Phi) is 4.95. The van der Waals surface area contributed by atoms with Crippen LogP contribution in [0.4, 0.5) is 5.69 Å². The Labute approximate surface area is 124 Å². The van der Waals surface area contributed by atoms with Gasteiger partial charge in [-0.2, -0.15) is 0 Å². The highest BCUT2D eigenvalue weighted by Crippen LogP contribution is 2.29. The number of nitrogens with zero attached hydrogens (tertiary/aromatic N) is 1. The maximum atomic E-state index is 12.0. The lowest BCUT2D eigenvalue weighted by Gasteiger charge is -2.31. The average molecular weight is 312 g/mol. The summed E-state index contributed by atoms with van der Waals surface area (Å²) in [5.41, 5.74) is 0.792. The van der Waals surface area contributed by atoms with Crippen molar-refractivity contribution in [2.24, 2.45) is 5.92 Å². The monoisotopic (exact) mass is 312 g/mol. The zero-order valence-electron chi connectivity index (χ0n) is 12.0. The molecular formula is C14H20N2O4S. The lowest BCUT2D eigenvalue weighted by Crippen LogP contribution is -2.41. The van der Waals surface area contributed by atoms with E-state index in [0.717, 1.165) is 18.4 Å². The minimum absolute atomic E-state index is 0.00186. The van der Waals surface area contributed by atoms with Crippen LogP contribution in [0.3, 0.4) is 0 Å². The molecule has 0 radical (unpaired) electrons. The second kappa shape index (κ2) is 6.53. The molecule has 1 aliphatic carbocycles. The van der Waals surface area contributed by atoms with Gasteiger partial charge in [0, 0.05) is 18.2 Å². The number of hydrogen-bond donors (Lipinski definition) is 1. The van der Waals surface area contributed by atoms with Crippen molar-refractivity contribution < 1.29 is 13.3 Å². The fourth-order valence-corrected chi connectivity index (χ4v) is 3.80. The summed E-state index contributed by atoms with van der Waals surface area (Å²) in [7, 11) is -3.31. The van der Waals surface area contributed by atoms with Crippen LogP contribution in [0.1, 0.15) is 31.7 Å². The van der Waals surface area contributed by atoms with Gasteiger partial charge in [-0.15, -0.1) is 0 Å². The lowest BCUT2D eigenvalue weighted by atomic mass is 9.81. The van der Waals surface area contributed by atoms with Crippen LogP contribution in [0, 0.1) is 16.0 Å². The number of sulfonamides is 1. The molecule has 1 fully saturated rings. The summed E-state index contributed by atoms with van der Waals surface area (Å²) in [6.45, 7) is 1.91. The number of benzene rings is 1. The molecule has 1 N–H and O–H groups in total. The minimum atomic E-state index is -3.31. The smallest absolute Gasteiger partial charge is 0.258 e. The standard InChI is InChI=1S/C14H20N2O4S/c1-11(13-3-2-4-13)15-21(19,20)10-9-12-5-7-14(8-6-12)16(17)18/h5-8,11,13,15H,2-4,9-10H2,1H3/t11-/m1/s1. The van der Waals surface area contributed by atoms with E-state index in [-0.39, 0.29) is 17.5 Å². The van der Waals surface area contributed by atoms with Gasteiger partial charge in [0.25, 0.3) is 5.69 Å². The number of non-ortho nitro benzene ring substituents is 1. The van der Waals surface area contributed by atoms with Gasteiger partial charge in [0.05, 0.1) is 10.7 Å². The van der Waals surface area contributed by atoms with Crippen molar-refractivity contribution in [3.63, 3.8) is 0 Å². The van der Waals surface area contributed by atoms with Gasteiger partial charge in [0.15, 0.2) is 0 Å². The number of aryl methyl sites for hydroxylation is 1. The second-order valence-corrected chi connectivity index (χ2v) is 7.46. The Morgan fingerprint density at radius 2 is 1.95 bits per heavy atom. The molecular weight excluding hydrogens is 292 g/mol. The van der Waals surface area contributed by atoms with Gasteiger partial charge in [0.2, 0.25) is 10.0 Å². The number of nitro benzene ring substituents is 1. The van der Waals surface area contributed by atoms with Crippen molar-refractivity contribution in [3.05, 3.63) is 39.9 Å². The molecule has 21 heavy (non-hydrogen) atoms. The molecule has 0 unspecified atom stereocenters. The van der Waals surface area contributed by atoms with Crippen LogP contribution in [0.15, 0.2) is 24.3 Å². The maximum absolute atomic E-state index is 12.0. The topological polar surface area (TPSA) is 89.3 Å². The van der Waals surface area contributed by atoms with Gasteiger partial charge in [-0.25, -0.2) is 13.1 Å². The Balaban J connectivity index is 1.87. The van der Waals surface area contributed by atoms with E-state index in [1.165, 1.54) is 18.6 Å². The molecule has 0 aliphatic heterocycles. The van der Waals surface area contributed by atoms with Crippen molar-refractivity contribution in [2.75, 3.05) is 5.75 Å². The molecule has 2 rings (SSSR count). The Morgan fingerprint density at radius 3 is 2.43 bits per heavy atom. The first-order valence-corrected chi connectivity index (χ1v) is 8.76. The van der Waals surface area contributed by atoms with Crippen LogP contribution in [0.5, 0.6) is 0 Å². The first kappa shape index (κ1) is 15.9. The van der Waals surface area contributed by atoms with Gasteiger partial charge >= 0.3 is 0 Å². The predicted molar refractivity (Wildman–Crippen MR) is 80.5 cm³/mol. The van der Waals surface area contributed by atoms with E-state index in [1.54, 1.807) is 12.1 Å². The van der Waals surface area contributed by atoms with E-state index in [9.17, 15) is 18.5 Å². The normalized spacial score (nSPS) is 17.2. The third kappa shape index (κ3) is 4.50. The predicted octanol–water partition coefficient (Wildman–Crippen LogP) is 2.25. The van der Waals surface area contributed by atoms with Crippen LogP contribution in [-0.4, -0.2) is 25.1 Å². The zero-order chi connectivity index (χ0) is 15.5. The van der Waals surface area contributed by atoms with Gasteiger partial charge in [-0.05, 0) is 37.7 Å². The molecule has 0 heterocycles. The summed E-state index contributed by atoms with van der Waals surface area (Å²) in [4.78, 5) is 10.1. The molecule has 7 heteroatoms. The van der Waals surface area contributed by atoms with E-state index < -0.39 is 14.9 Å². The summed E-state index contributed by atoms with van der Waals surface area (Å²) in [6.07, 6.45) is 3.71. The molecule has 0 aromatic heterocycles. The van der Waals surface area contributed by atoms with Crippen LogP contribution in [0.2, 0.25) is 0 Å². The molecule has 0 spiro atoms. The number of nitrogens with one attached hydrogen (secondary N) is 1. The zero-order valence-corrected chi connectivity index (χ0v) is 12.8. The van der Waals surface area contributed by atoms with E-state index >= 15 is 0 Å². The van der Waals surface area contributed by atoms with E-state index in [4.69, 9.17) is 0 Å². The third-order valence-electron chi connectivity index (χ3n) is 4.03. The van der Waals surface area contributed by atoms with Crippen LogP contribution in [-0.2, 0) is 16.4 Å². The summed E-state index contributed by atoms with van der Waals surface area (Å²) < 4.78 is 26.8. The Bertz CT molecular complexity index is 594. The lowest BCUT2D eigenvalue weighted by molar-refractivity contribution is -0.384. The van der Waals surface area contributed by atoms with E-state index in [0.29, 0.717) is 12.3 Å². The highest BCUT2D eigenvalue weighted by Gasteiger charge is 2.26. The highest BCUT2D eigenvalue weighted by atomic mass is 32.2. The SMILES string of the molecule is C[C@@H](NS(=O)(=O)CCc1ccc([N+](=O)[O-])cc1)C1CCC1. The molecule has 0 bridgehead atoms. The Morgan fingerprint density at radius 1 is 1.33 bits per heavy atom. The second-order valence-electron chi connectivity index (χ2n) is 5.59. The van der Waals surface area contributed by atoms with Gasteiger partial charge < -0.3 is 0 Å². The maximum Gasteiger partial charge on any atom is 0.269 e. The molecule has 6 nitrogen and oxygen atoms in total. The van der Waals surface area contributed by atoms with Crippen molar-refractivity contribution in [3.8, 4) is 0 Å². The fourth-order valence-electron chi connectivity index (χ4n) is 2.41.